The Hall–Kier alpha value is -1.81. The zero-order valence-electron chi connectivity index (χ0n) is 7.93. The van der Waals surface area contributed by atoms with E-state index in [0.717, 1.165) is 0 Å². The molecular weight excluding hydrogens is 279 g/mol. The smallest absolute Gasteiger partial charge is 0.460 e. The average Bonchev–Trinajstić information content (AvgIpc) is 2.64. The highest BCUT2D eigenvalue weighted by Gasteiger charge is 2.75. The molecule has 1 aromatic rings. The van der Waals surface area contributed by atoms with E-state index in [1.54, 1.807) is 0 Å². The summed E-state index contributed by atoms with van der Waals surface area (Å²) < 4.78 is 89.6. The van der Waals surface area contributed by atoms with Gasteiger partial charge in [-0.15, -0.1) is 0 Å². The van der Waals surface area contributed by atoms with E-state index in [4.69, 9.17) is 5.11 Å². The standard InChI is InChI=1S/C7H2F7NO3/c8-5(9,6(10,11)7(12,13)14)3-1-2(4(16)17)15-18-3/h1H,(H,16,17). The summed E-state index contributed by atoms with van der Waals surface area (Å²) in [4.78, 5) is 10.2. The second-order valence-corrected chi connectivity index (χ2v) is 3.03. The minimum absolute atomic E-state index is 0.206. The average molecular weight is 281 g/mol. The molecule has 0 fully saturated rings. The highest BCUT2D eigenvalue weighted by Crippen LogP contribution is 2.51. The lowest BCUT2D eigenvalue weighted by molar-refractivity contribution is -0.363. The second kappa shape index (κ2) is 3.85. The van der Waals surface area contributed by atoms with Crippen molar-refractivity contribution in [2.45, 2.75) is 18.0 Å². The molecule has 0 atom stereocenters. The monoisotopic (exact) mass is 281 g/mol. The van der Waals surface area contributed by atoms with Crippen LogP contribution in [0.1, 0.15) is 16.2 Å². The van der Waals surface area contributed by atoms with Gasteiger partial charge in [0.05, 0.1) is 0 Å². The number of aromatic nitrogens is 1. The third-order valence-electron chi connectivity index (χ3n) is 1.79. The van der Waals surface area contributed by atoms with E-state index in [0.29, 0.717) is 0 Å². The van der Waals surface area contributed by atoms with Crippen molar-refractivity contribution in [3.63, 3.8) is 0 Å². The van der Waals surface area contributed by atoms with Crippen LogP contribution in [0.25, 0.3) is 0 Å². The number of halogens is 7. The van der Waals surface area contributed by atoms with Crippen LogP contribution in [0.15, 0.2) is 10.6 Å². The van der Waals surface area contributed by atoms with Crippen molar-refractivity contribution in [3.05, 3.63) is 17.5 Å². The fourth-order valence-electron chi connectivity index (χ4n) is 0.857. The highest BCUT2D eigenvalue weighted by molar-refractivity contribution is 5.85. The van der Waals surface area contributed by atoms with Gasteiger partial charge in [0.15, 0.2) is 5.69 Å². The molecule has 1 aromatic heterocycles. The quantitative estimate of drug-likeness (QED) is 0.865. The molecule has 0 saturated carbocycles. The molecule has 18 heavy (non-hydrogen) atoms. The fraction of sp³-hybridized carbons (Fsp3) is 0.429. The van der Waals surface area contributed by atoms with Crippen molar-refractivity contribution in [1.29, 1.82) is 0 Å². The Kier molecular flexibility index (Phi) is 3.05. The summed E-state index contributed by atoms with van der Waals surface area (Å²) in [5.74, 6) is -16.3. The first-order chi connectivity index (χ1) is 7.91. The summed E-state index contributed by atoms with van der Waals surface area (Å²) >= 11 is 0. The number of nitrogens with zero attached hydrogens (tertiary/aromatic N) is 1. The molecule has 0 saturated heterocycles. The number of rotatable bonds is 3. The molecule has 4 nitrogen and oxygen atoms in total. The lowest BCUT2D eigenvalue weighted by Crippen LogP contribution is -2.49. The van der Waals surface area contributed by atoms with Crippen LogP contribution in [0.2, 0.25) is 0 Å². The number of hydrogen-bond acceptors (Lipinski definition) is 3. The topological polar surface area (TPSA) is 63.3 Å². The molecule has 0 aliphatic heterocycles. The minimum Gasteiger partial charge on any atom is -0.476 e. The Balaban J connectivity index is 3.24. The Morgan fingerprint density at radius 3 is 2.00 bits per heavy atom. The van der Waals surface area contributed by atoms with Gasteiger partial charge in [-0.2, -0.15) is 30.7 Å². The zero-order valence-corrected chi connectivity index (χ0v) is 7.93. The first-order valence-corrected chi connectivity index (χ1v) is 3.94. The third-order valence-corrected chi connectivity index (χ3v) is 1.79. The van der Waals surface area contributed by atoms with Crippen LogP contribution in [0, 0.1) is 0 Å². The lowest BCUT2D eigenvalue weighted by atomic mass is 10.1. The van der Waals surface area contributed by atoms with E-state index in [1.807, 2.05) is 0 Å². The zero-order chi connectivity index (χ0) is 14.4. The van der Waals surface area contributed by atoms with Crippen LogP contribution in [0.4, 0.5) is 30.7 Å². The van der Waals surface area contributed by atoms with E-state index in [1.165, 1.54) is 0 Å². The van der Waals surface area contributed by atoms with Gasteiger partial charge in [-0.3, -0.25) is 0 Å². The SMILES string of the molecule is O=C(O)c1cc(C(F)(F)C(F)(F)C(F)(F)F)on1. The van der Waals surface area contributed by atoms with Gasteiger partial charge in [0.25, 0.3) is 0 Å². The van der Waals surface area contributed by atoms with E-state index < -0.39 is 35.4 Å². The van der Waals surface area contributed by atoms with Crippen molar-refractivity contribution >= 4 is 5.97 Å². The van der Waals surface area contributed by atoms with Crippen LogP contribution in [-0.4, -0.2) is 28.3 Å². The minimum atomic E-state index is -6.54. The predicted octanol–water partition coefficient (Wildman–Crippen LogP) is 2.66. The summed E-state index contributed by atoms with van der Waals surface area (Å²) in [7, 11) is 0. The fourth-order valence-corrected chi connectivity index (χ4v) is 0.857. The maximum atomic E-state index is 12.9. The molecule has 102 valence electrons. The largest absolute Gasteiger partial charge is 0.476 e. The third kappa shape index (κ3) is 1.99. The molecule has 0 aliphatic rings. The van der Waals surface area contributed by atoms with Crippen molar-refractivity contribution in [3.8, 4) is 0 Å². The van der Waals surface area contributed by atoms with Crippen LogP contribution in [-0.2, 0) is 5.92 Å². The molecule has 0 spiro atoms. The van der Waals surface area contributed by atoms with Gasteiger partial charge < -0.3 is 9.63 Å². The van der Waals surface area contributed by atoms with Crippen LogP contribution in [0.3, 0.4) is 0 Å². The number of carboxylic acids is 1. The van der Waals surface area contributed by atoms with Gasteiger partial charge in [0, 0.05) is 6.07 Å². The van der Waals surface area contributed by atoms with Gasteiger partial charge in [-0.1, -0.05) is 5.16 Å². The van der Waals surface area contributed by atoms with Crippen LogP contribution >= 0.6 is 0 Å². The summed E-state index contributed by atoms with van der Waals surface area (Å²) in [6.07, 6.45) is -6.54. The van der Waals surface area contributed by atoms with Gasteiger partial charge >= 0.3 is 24.0 Å². The first-order valence-electron chi connectivity index (χ1n) is 3.94. The Labute approximate surface area is 93.0 Å². The molecule has 0 aliphatic carbocycles. The molecule has 0 radical (unpaired) electrons. The van der Waals surface area contributed by atoms with Crippen LogP contribution in [0.5, 0.6) is 0 Å². The highest BCUT2D eigenvalue weighted by atomic mass is 19.4. The second-order valence-electron chi connectivity index (χ2n) is 3.03. The number of alkyl halides is 7. The molecular formula is C7H2F7NO3. The number of carbonyl (C=O) groups is 1. The lowest BCUT2D eigenvalue weighted by Gasteiger charge is -2.25. The summed E-state index contributed by atoms with van der Waals surface area (Å²) in [6, 6.07) is -0.206. The molecule has 0 bridgehead atoms. The molecule has 0 unspecified atom stereocenters. The predicted molar refractivity (Wildman–Crippen MR) is 38.4 cm³/mol. The van der Waals surface area contributed by atoms with E-state index in [9.17, 15) is 35.5 Å². The molecule has 0 aromatic carbocycles. The summed E-state index contributed by atoms with van der Waals surface area (Å²) in [5, 5.41) is 10.7. The molecule has 1 heterocycles. The molecule has 0 amide bonds. The molecule has 1 N–H and O–H groups in total. The van der Waals surface area contributed by atoms with Gasteiger partial charge in [0.2, 0.25) is 5.76 Å². The first kappa shape index (κ1) is 14.3. The maximum absolute atomic E-state index is 12.9. The molecule has 1 rings (SSSR count). The normalized spacial score (nSPS) is 13.7. The van der Waals surface area contributed by atoms with Crippen molar-refractivity contribution < 1.29 is 45.2 Å². The van der Waals surface area contributed by atoms with Gasteiger partial charge in [-0.25, -0.2) is 4.79 Å². The Bertz CT molecular complexity index is 464. The number of aromatic carboxylic acids is 1. The Morgan fingerprint density at radius 1 is 1.17 bits per heavy atom. The van der Waals surface area contributed by atoms with Crippen LogP contribution < -0.4 is 0 Å². The number of hydrogen-bond donors (Lipinski definition) is 1. The van der Waals surface area contributed by atoms with Crippen molar-refractivity contribution in [2.24, 2.45) is 0 Å². The summed E-state index contributed by atoms with van der Waals surface area (Å²) in [6.45, 7) is 0. The number of carboxylic acid groups (broad SMARTS) is 1. The Morgan fingerprint density at radius 2 is 1.67 bits per heavy atom. The van der Waals surface area contributed by atoms with Gasteiger partial charge in [0.1, 0.15) is 0 Å². The molecule has 11 heteroatoms. The van der Waals surface area contributed by atoms with Gasteiger partial charge in [-0.05, 0) is 0 Å². The van der Waals surface area contributed by atoms with E-state index in [-0.39, 0.29) is 6.07 Å². The maximum Gasteiger partial charge on any atom is 0.460 e. The van der Waals surface area contributed by atoms with E-state index >= 15 is 0 Å². The van der Waals surface area contributed by atoms with Crippen molar-refractivity contribution in [2.75, 3.05) is 0 Å². The van der Waals surface area contributed by atoms with E-state index in [2.05, 4.69) is 9.68 Å². The van der Waals surface area contributed by atoms with Crippen molar-refractivity contribution in [1.82, 2.24) is 5.16 Å². The summed E-state index contributed by atoms with van der Waals surface area (Å²) in [5.41, 5.74) is -1.22.